The zero-order chi connectivity index (χ0) is 13.1. The van der Waals surface area contributed by atoms with Gasteiger partial charge in [-0.1, -0.05) is 0 Å². The Hall–Kier alpha value is -2.26. The number of hydrogen-bond acceptors (Lipinski definition) is 5. The molecule has 0 bridgehead atoms. The second-order valence-corrected chi connectivity index (χ2v) is 3.85. The number of aliphatic hydroxyl groups excluding tert-OH is 1. The largest absolute Gasteiger partial charge is 0.454 e. The van der Waals surface area contributed by atoms with Crippen LogP contribution in [0.15, 0.2) is 12.1 Å². The molecule has 0 saturated carbocycles. The van der Waals surface area contributed by atoms with Gasteiger partial charge in [-0.3, -0.25) is 4.79 Å². The topological polar surface area (TPSA) is 91.6 Å². The molecular formula is C12H12N2O4. The fourth-order valence-corrected chi connectivity index (χ4v) is 1.68. The summed E-state index contributed by atoms with van der Waals surface area (Å²) in [4.78, 5) is 11.4. The lowest BCUT2D eigenvalue weighted by molar-refractivity contribution is -0.115. The van der Waals surface area contributed by atoms with Crippen LogP contribution in [0.5, 0.6) is 11.5 Å². The number of aliphatic hydroxyl groups is 1. The van der Waals surface area contributed by atoms with E-state index in [2.05, 4.69) is 5.32 Å². The third kappa shape index (κ3) is 2.36. The lowest BCUT2D eigenvalue weighted by Crippen LogP contribution is -2.12. The van der Waals surface area contributed by atoms with E-state index in [1.165, 1.54) is 0 Å². The van der Waals surface area contributed by atoms with E-state index in [0.717, 1.165) is 0 Å². The average Bonchev–Trinajstić information content (AvgIpc) is 2.74. The normalized spacial score (nSPS) is 13.8. The maximum Gasteiger partial charge on any atom is 0.238 e. The van der Waals surface area contributed by atoms with E-state index in [1.807, 2.05) is 0 Å². The summed E-state index contributed by atoms with van der Waals surface area (Å²) in [5.74, 6) is 0.606. The van der Waals surface area contributed by atoms with Crippen molar-refractivity contribution >= 4 is 11.6 Å². The smallest absolute Gasteiger partial charge is 0.238 e. The number of ether oxygens (including phenoxy) is 2. The molecule has 1 atom stereocenters. The van der Waals surface area contributed by atoms with Crippen molar-refractivity contribution in [3.05, 3.63) is 17.7 Å². The van der Waals surface area contributed by atoms with E-state index < -0.39 is 12.0 Å². The Morgan fingerprint density at radius 2 is 2.22 bits per heavy atom. The third-order valence-corrected chi connectivity index (χ3v) is 2.51. The van der Waals surface area contributed by atoms with Gasteiger partial charge in [0.05, 0.1) is 17.9 Å². The van der Waals surface area contributed by atoms with E-state index in [-0.39, 0.29) is 13.2 Å². The van der Waals surface area contributed by atoms with E-state index in [0.29, 0.717) is 22.7 Å². The van der Waals surface area contributed by atoms with Crippen LogP contribution >= 0.6 is 0 Å². The Kier molecular flexibility index (Phi) is 3.35. The molecule has 0 radical (unpaired) electrons. The fourth-order valence-electron chi connectivity index (χ4n) is 1.68. The van der Waals surface area contributed by atoms with Crippen molar-refractivity contribution in [2.45, 2.75) is 19.4 Å². The molecule has 2 N–H and O–H groups in total. The number of hydrogen-bond donors (Lipinski definition) is 2. The first-order valence-electron chi connectivity index (χ1n) is 5.40. The molecule has 6 nitrogen and oxygen atoms in total. The highest BCUT2D eigenvalue weighted by Gasteiger charge is 2.20. The quantitative estimate of drug-likeness (QED) is 0.841. The summed E-state index contributed by atoms with van der Waals surface area (Å²) in [6, 6.07) is 4.96. The van der Waals surface area contributed by atoms with Gasteiger partial charge in [0.2, 0.25) is 12.7 Å². The van der Waals surface area contributed by atoms with Crippen molar-refractivity contribution in [2.24, 2.45) is 0 Å². The monoisotopic (exact) mass is 248 g/mol. The number of carbonyl (C=O) groups excluding carboxylic acids is 1. The van der Waals surface area contributed by atoms with Crippen LogP contribution in [0.2, 0.25) is 0 Å². The van der Waals surface area contributed by atoms with Gasteiger partial charge in [0.1, 0.15) is 6.42 Å². The van der Waals surface area contributed by atoms with Crippen molar-refractivity contribution < 1.29 is 19.4 Å². The minimum Gasteiger partial charge on any atom is -0.454 e. The Balaban J connectivity index is 2.33. The molecule has 18 heavy (non-hydrogen) atoms. The summed E-state index contributed by atoms with van der Waals surface area (Å²) in [6.07, 6.45) is -1.01. The molecule has 6 heteroatoms. The number of carbonyl (C=O) groups is 1. The molecule has 1 aromatic carbocycles. The third-order valence-electron chi connectivity index (χ3n) is 2.51. The Morgan fingerprint density at radius 3 is 2.83 bits per heavy atom. The molecule has 1 unspecified atom stereocenters. The molecule has 1 aliphatic heterocycles. The summed E-state index contributed by atoms with van der Waals surface area (Å²) < 4.78 is 10.4. The predicted molar refractivity (Wildman–Crippen MR) is 62.1 cm³/mol. The van der Waals surface area contributed by atoms with Crippen LogP contribution in [0.4, 0.5) is 5.69 Å². The minimum atomic E-state index is -0.767. The molecule has 2 rings (SSSR count). The molecule has 0 spiro atoms. The highest BCUT2D eigenvalue weighted by atomic mass is 16.7. The van der Waals surface area contributed by atoms with Crippen LogP contribution < -0.4 is 14.8 Å². The molecule has 1 amide bonds. The standard InChI is InChI=1S/C12H12N2O4/c1-7(15)8-4-10-11(18-6-17-10)5-9(8)14-12(16)2-3-13/h4-5,7,15H,2,6H2,1H3,(H,14,16). The van der Waals surface area contributed by atoms with Gasteiger partial charge in [0.25, 0.3) is 0 Å². The van der Waals surface area contributed by atoms with E-state index in [4.69, 9.17) is 14.7 Å². The maximum atomic E-state index is 11.4. The fraction of sp³-hybridized carbons (Fsp3) is 0.333. The Labute approximate surface area is 104 Å². The van der Waals surface area contributed by atoms with Crippen LogP contribution in [-0.2, 0) is 4.79 Å². The van der Waals surface area contributed by atoms with Gasteiger partial charge in [-0.15, -0.1) is 0 Å². The Bertz CT molecular complexity index is 520. The van der Waals surface area contributed by atoms with Crippen molar-refractivity contribution in [3.63, 3.8) is 0 Å². The van der Waals surface area contributed by atoms with Gasteiger partial charge in [0, 0.05) is 11.6 Å². The van der Waals surface area contributed by atoms with Crippen LogP contribution in [0.1, 0.15) is 25.0 Å². The lowest BCUT2D eigenvalue weighted by atomic mass is 10.1. The van der Waals surface area contributed by atoms with Gasteiger partial charge in [-0.05, 0) is 13.0 Å². The first-order chi connectivity index (χ1) is 8.61. The number of nitriles is 1. The first kappa shape index (κ1) is 12.2. The SMILES string of the molecule is CC(O)c1cc2c(cc1NC(=O)CC#N)OCO2. The van der Waals surface area contributed by atoms with Crippen LogP contribution in [-0.4, -0.2) is 17.8 Å². The van der Waals surface area contributed by atoms with Crippen LogP contribution in [0.3, 0.4) is 0 Å². The van der Waals surface area contributed by atoms with Gasteiger partial charge in [0.15, 0.2) is 11.5 Å². The molecular weight excluding hydrogens is 236 g/mol. The first-order valence-corrected chi connectivity index (χ1v) is 5.40. The van der Waals surface area contributed by atoms with Gasteiger partial charge in [-0.25, -0.2) is 0 Å². The van der Waals surface area contributed by atoms with E-state index >= 15 is 0 Å². The molecule has 1 aromatic rings. The second-order valence-electron chi connectivity index (χ2n) is 3.85. The van der Waals surface area contributed by atoms with E-state index in [1.54, 1.807) is 25.1 Å². The number of nitrogens with one attached hydrogen (secondary N) is 1. The van der Waals surface area contributed by atoms with E-state index in [9.17, 15) is 9.90 Å². The highest BCUT2D eigenvalue weighted by Crippen LogP contribution is 2.39. The van der Waals surface area contributed by atoms with Crippen molar-refractivity contribution in [1.29, 1.82) is 5.26 Å². The molecule has 0 aromatic heterocycles. The number of rotatable bonds is 3. The van der Waals surface area contributed by atoms with Gasteiger partial charge in [-0.2, -0.15) is 5.26 Å². The molecule has 94 valence electrons. The molecule has 0 fully saturated rings. The van der Waals surface area contributed by atoms with Crippen molar-refractivity contribution in [2.75, 3.05) is 12.1 Å². The average molecular weight is 248 g/mol. The van der Waals surface area contributed by atoms with Crippen LogP contribution in [0.25, 0.3) is 0 Å². The number of benzene rings is 1. The summed E-state index contributed by atoms with van der Waals surface area (Å²) in [7, 11) is 0. The number of anilines is 1. The molecule has 1 heterocycles. The zero-order valence-corrected chi connectivity index (χ0v) is 9.77. The van der Waals surface area contributed by atoms with Gasteiger partial charge < -0.3 is 19.9 Å². The highest BCUT2D eigenvalue weighted by molar-refractivity contribution is 5.93. The second kappa shape index (κ2) is 4.94. The number of fused-ring (bicyclic) bond motifs is 1. The van der Waals surface area contributed by atoms with Crippen LogP contribution in [0, 0.1) is 11.3 Å². The number of nitrogens with zero attached hydrogens (tertiary/aromatic N) is 1. The predicted octanol–water partition coefficient (Wildman–Crippen LogP) is 1.32. The summed E-state index contributed by atoms with van der Waals surface area (Å²) in [6.45, 7) is 1.70. The maximum absolute atomic E-state index is 11.4. The minimum absolute atomic E-state index is 0.115. The lowest BCUT2D eigenvalue weighted by Gasteiger charge is -2.13. The zero-order valence-electron chi connectivity index (χ0n) is 9.77. The molecule has 0 saturated heterocycles. The van der Waals surface area contributed by atoms with Gasteiger partial charge >= 0.3 is 0 Å². The summed E-state index contributed by atoms with van der Waals surface area (Å²) >= 11 is 0. The Morgan fingerprint density at radius 1 is 1.56 bits per heavy atom. The summed E-state index contributed by atoms with van der Waals surface area (Å²) in [5, 5.41) is 20.7. The van der Waals surface area contributed by atoms with Crippen molar-refractivity contribution in [1.82, 2.24) is 0 Å². The molecule has 0 aliphatic carbocycles. The number of amides is 1. The summed E-state index contributed by atoms with van der Waals surface area (Å²) in [5.41, 5.74) is 0.944. The molecule has 1 aliphatic rings. The van der Waals surface area contributed by atoms with Crippen molar-refractivity contribution in [3.8, 4) is 17.6 Å².